The summed E-state index contributed by atoms with van der Waals surface area (Å²) in [5.41, 5.74) is 0. The normalized spacial score (nSPS) is 12.7. The number of rotatable bonds is 6. The Labute approximate surface area is 112 Å². The largest absolute Gasteiger partial charge is 0.475 e. The van der Waals surface area contributed by atoms with Crippen LogP contribution in [0.1, 0.15) is 43.1 Å². The number of carbonyl (C=O) groups excluding carboxylic acids is 1. The lowest BCUT2D eigenvalue weighted by Crippen LogP contribution is -2.39. The standard InChI is InChI=1S/C13H20N2O4/c1-8(2)14-12(16)7-15(4)9(3)10-5-6-11(19-10)13(17)18/h5-6,8-9H,7H2,1-4H3,(H,14,16)(H,17,18). The third-order valence-corrected chi connectivity index (χ3v) is 2.75. The summed E-state index contributed by atoms with van der Waals surface area (Å²) in [6, 6.07) is 2.95. The number of carboxylic acids is 1. The van der Waals surface area contributed by atoms with Crippen molar-refractivity contribution >= 4 is 11.9 Å². The van der Waals surface area contributed by atoms with Gasteiger partial charge >= 0.3 is 5.97 Å². The molecule has 0 aliphatic heterocycles. The Morgan fingerprint density at radius 1 is 1.37 bits per heavy atom. The van der Waals surface area contributed by atoms with Gasteiger partial charge in [0.05, 0.1) is 12.6 Å². The van der Waals surface area contributed by atoms with Gasteiger partial charge in [-0.2, -0.15) is 0 Å². The van der Waals surface area contributed by atoms with E-state index in [-0.39, 0.29) is 30.3 Å². The predicted octanol–water partition coefficient (Wildman–Crippen LogP) is 1.50. The molecule has 19 heavy (non-hydrogen) atoms. The highest BCUT2D eigenvalue weighted by molar-refractivity contribution is 5.84. The Hall–Kier alpha value is -1.82. The first-order valence-corrected chi connectivity index (χ1v) is 6.14. The number of amides is 1. The van der Waals surface area contributed by atoms with Crippen LogP contribution < -0.4 is 5.32 Å². The second-order valence-electron chi connectivity index (χ2n) is 4.82. The molecule has 1 aromatic heterocycles. The number of furan rings is 1. The summed E-state index contributed by atoms with van der Waals surface area (Å²) in [6.07, 6.45) is 0. The fourth-order valence-corrected chi connectivity index (χ4v) is 1.64. The molecule has 0 aliphatic rings. The minimum absolute atomic E-state index is 0.0747. The summed E-state index contributed by atoms with van der Waals surface area (Å²) < 4.78 is 5.22. The number of hydrogen-bond donors (Lipinski definition) is 2. The van der Waals surface area contributed by atoms with E-state index in [4.69, 9.17) is 9.52 Å². The van der Waals surface area contributed by atoms with Crippen molar-refractivity contribution in [3.63, 3.8) is 0 Å². The molecule has 1 amide bonds. The van der Waals surface area contributed by atoms with E-state index >= 15 is 0 Å². The van der Waals surface area contributed by atoms with Crippen LogP contribution in [0.4, 0.5) is 0 Å². The molecule has 6 heteroatoms. The SMILES string of the molecule is CC(C)NC(=O)CN(C)C(C)c1ccc(C(=O)O)o1. The average molecular weight is 268 g/mol. The Balaban J connectivity index is 2.62. The fourth-order valence-electron chi connectivity index (χ4n) is 1.64. The topological polar surface area (TPSA) is 82.8 Å². The molecule has 1 rings (SSSR count). The van der Waals surface area contributed by atoms with Crippen molar-refractivity contribution in [1.29, 1.82) is 0 Å². The minimum Gasteiger partial charge on any atom is -0.475 e. The Kier molecular flexibility index (Phi) is 5.11. The van der Waals surface area contributed by atoms with Gasteiger partial charge in [0.2, 0.25) is 11.7 Å². The van der Waals surface area contributed by atoms with E-state index in [0.29, 0.717) is 5.76 Å². The molecule has 6 nitrogen and oxygen atoms in total. The van der Waals surface area contributed by atoms with Crippen LogP contribution in [0.25, 0.3) is 0 Å². The van der Waals surface area contributed by atoms with Gasteiger partial charge in [-0.05, 0) is 40.0 Å². The van der Waals surface area contributed by atoms with Gasteiger partial charge in [-0.1, -0.05) is 0 Å². The zero-order chi connectivity index (χ0) is 14.6. The van der Waals surface area contributed by atoms with Gasteiger partial charge in [0.25, 0.3) is 0 Å². The van der Waals surface area contributed by atoms with Gasteiger partial charge in [0.1, 0.15) is 5.76 Å². The molecule has 1 heterocycles. The smallest absolute Gasteiger partial charge is 0.371 e. The van der Waals surface area contributed by atoms with Crippen molar-refractivity contribution < 1.29 is 19.1 Å². The van der Waals surface area contributed by atoms with Crippen molar-refractivity contribution in [2.75, 3.05) is 13.6 Å². The second-order valence-corrected chi connectivity index (χ2v) is 4.82. The molecule has 0 radical (unpaired) electrons. The third kappa shape index (κ3) is 4.40. The maximum Gasteiger partial charge on any atom is 0.371 e. The quantitative estimate of drug-likeness (QED) is 0.817. The molecule has 0 fully saturated rings. The summed E-state index contributed by atoms with van der Waals surface area (Å²) in [4.78, 5) is 24.2. The zero-order valence-electron chi connectivity index (χ0n) is 11.6. The van der Waals surface area contributed by atoms with E-state index in [0.717, 1.165) is 0 Å². The van der Waals surface area contributed by atoms with Crippen molar-refractivity contribution in [3.05, 3.63) is 23.7 Å². The number of carbonyl (C=O) groups is 2. The number of nitrogens with zero attached hydrogens (tertiary/aromatic N) is 1. The molecule has 0 aromatic carbocycles. The monoisotopic (exact) mass is 268 g/mol. The Bertz CT molecular complexity index is 453. The van der Waals surface area contributed by atoms with Gasteiger partial charge in [-0.25, -0.2) is 4.79 Å². The maximum absolute atomic E-state index is 11.6. The lowest BCUT2D eigenvalue weighted by Gasteiger charge is -2.22. The van der Waals surface area contributed by atoms with Crippen LogP contribution >= 0.6 is 0 Å². The van der Waals surface area contributed by atoms with E-state index in [2.05, 4.69) is 5.32 Å². The summed E-state index contributed by atoms with van der Waals surface area (Å²) in [5.74, 6) is -0.743. The van der Waals surface area contributed by atoms with Crippen LogP contribution in [0, 0.1) is 0 Å². The molecule has 1 aromatic rings. The minimum atomic E-state index is -1.10. The van der Waals surface area contributed by atoms with Crippen molar-refractivity contribution in [2.24, 2.45) is 0 Å². The van der Waals surface area contributed by atoms with Crippen molar-refractivity contribution in [1.82, 2.24) is 10.2 Å². The van der Waals surface area contributed by atoms with E-state index in [9.17, 15) is 9.59 Å². The molecule has 0 saturated carbocycles. The molecule has 2 N–H and O–H groups in total. The molecular formula is C13H20N2O4. The molecule has 1 atom stereocenters. The van der Waals surface area contributed by atoms with Crippen LogP contribution in [0.5, 0.6) is 0 Å². The molecule has 106 valence electrons. The van der Waals surface area contributed by atoms with Crippen LogP contribution in [0.2, 0.25) is 0 Å². The number of nitrogens with one attached hydrogen (secondary N) is 1. The van der Waals surface area contributed by atoms with Gasteiger partial charge in [-0.15, -0.1) is 0 Å². The van der Waals surface area contributed by atoms with Gasteiger partial charge in [-0.3, -0.25) is 9.69 Å². The predicted molar refractivity (Wildman–Crippen MR) is 70.0 cm³/mol. The molecule has 0 saturated heterocycles. The van der Waals surface area contributed by atoms with Crippen LogP contribution in [0.15, 0.2) is 16.5 Å². The van der Waals surface area contributed by atoms with E-state index in [1.165, 1.54) is 6.07 Å². The Morgan fingerprint density at radius 2 is 2.00 bits per heavy atom. The van der Waals surface area contributed by atoms with E-state index in [1.807, 2.05) is 20.8 Å². The molecule has 1 unspecified atom stereocenters. The van der Waals surface area contributed by atoms with Crippen molar-refractivity contribution in [2.45, 2.75) is 32.9 Å². The molecule has 0 aliphatic carbocycles. The van der Waals surface area contributed by atoms with Gasteiger partial charge in [0, 0.05) is 6.04 Å². The first-order valence-electron chi connectivity index (χ1n) is 6.14. The second kappa shape index (κ2) is 6.38. The maximum atomic E-state index is 11.6. The number of likely N-dealkylation sites (N-methyl/N-ethyl adjacent to an activating group) is 1. The highest BCUT2D eigenvalue weighted by Gasteiger charge is 2.19. The molecule has 0 bridgehead atoms. The third-order valence-electron chi connectivity index (χ3n) is 2.75. The highest BCUT2D eigenvalue weighted by atomic mass is 16.4. The first kappa shape index (κ1) is 15.2. The van der Waals surface area contributed by atoms with E-state index in [1.54, 1.807) is 18.0 Å². The van der Waals surface area contributed by atoms with E-state index < -0.39 is 5.97 Å². The van der Waals surface area contributed by atoms with Gasteiger partial charge in [0.15, 0.2) is 0 Å². The molecule has 0 spiro atoms. The number of carboxylic acid groups (broad SMARTS) is 1. The molecular weight excluding hydrogens is 248 g/mol. The summed E-state index contributed by atoms with van der Waals surface area (Å²) >= 11 is 0. The Morgan fingerprint density at radius 3 is 2.47 bits per heavy atom. The summed E-state index contributed by atoms with van der Waals surface area (Å²) in [5, 5.41) is 11.6. The highest BCUT2D eigenvalue weighted by Crippen LogP contribution is 2.21. The number of aromatic carboxylic acids is 1. The lowest BCUT2D eigenvalue weighted by atomic mass is 10.2. The van der Waals surface area contributed by atoms with Crippen LogP contribution in [0.3, 0.4) is 0 Å². The van der Waals surface area contributed by atoms with Crippen molar-refractivity contribution in [3.8, 4) is 0 Å². The number of hydrogen-bond acceptors (Lipinski definition) is 4. The average Bonchev–Trinajstić information content (AvgIpc) is 2.75. The first-order chi connectivity index (χ1) is 8.81. The zero-order valence-corrected chi connectivity index (χ0v) is 11.6. The summed E-state index contributed by atoms with van der Waals surface area (Å²) in [7, 11) is 1.79. The van der Waals surface area contributed by atoms with Gasteiger partial charge < -0.3 is 14.8 Å². The lowest BCUT2D eigenvalue weighted by molar-refractivity contribution is -0.122. The fraction of sp³-hybridized carbons (Fsp3) is 0.538. The van der Waals surface area contributed by atoms with Crippen LogP contribution in [-0.2, 0) is 4.79 Å². The summed E-state index contributed by atoms with van der Waals surface area (Å²) in [6.45, 7) is 5.87. The van der Waals surface area contributed by atoms with Crippen LogP contribution in [-0.4, -0.2) is 41.5 Å².